The lowest BCUT2D eigenvalue weighted by molar-refractivity contribution is -0.122. The fourth-order valence-electron chi connectivity index (χ4n) is 1.64. The third kappa shape index (κ3) is 6.80. The Labute approximate surface area is 99.6 Å². The molecule has 4 heteroatoms. The molecule has 0 fully saturated rings. The highest BCUT2D eigenvalue weighted by atomic mass is 16.2. The van der Waals surface area contributed by atoms with Crippen molar-refractivity contribution in [2.24, 2.45) is 17.6 Å². The first-order valence-corrected chi connectivity index (χ1v) is 6.04. The van der Waals surface area contributed by atoms with Crippen molar-refractivity contribution in [3.63, 3.8) is 0 Å². The third-order valence-electron chi connectivity index (χ3n) is 2.65. The van der Waals surface area contributed by atoms with E-state index in [1.807, 2.05) is 25.8 Å². The van der Waals surface area contributed by atoms with Crippen LogP contribution in [0.2, 0.25) is 0 Å². The molecular formula is C12H27N3O. The standard InChI is InChI=1S/C12H27N3O/c1-9(2)11(6-13)7-15(5)8-12(16)14-10(3)4/h9-11H,6-8,13H2,1-5H3,(H,14,16). The van der Waals surface area contributed by atoms with E-state index in [0.29, 0.717) is 24.9 Å². The predicted molar refractivity (Wildman–Crippen MR) is 68.2 cm³/mol. The molecule has 96 valence electrons. The summed E-state index contributed by atoms with van der Waals surface area (Å²) in [7, 11) is 1.96. The molecule has 16 heavy (non-hydrogen) atoms. The van der Waals surface area contributed by atoms with Crippen LogP contribution >= 0.6 is 0 Å². The molecule has 0 saturated heterocycles. The van der Waals surface area contributed by atoms with Gasteiger partial charge in [-0.05, 0) is 39.3 Å². The molecule has 3 N–H and O–H groups in total. The van der Waals surface area contributed by atoms with Gasteiger partial charge in [-0.25, -0.2) is 0 Å². The molecular weight excluding hydrogens is 202 g/mol. The highest BCUT2D eigenvalue weighted by molar-refractivity contribution is 5.78. The maximum Gasteiger partial charge on any atom is 0.234 e. The lowest BCUT2D eigenvalue weighted by atomic mass is 9.95. The number of nitrogens with two attached hydrogens (primary N) is 1. The molecule has 0 rings (SSSR count). The lowest BCUT2D eigenvalue weighted by Gasteiger charge is -2.25. The number of nitrogens with one attached hydrogen (secondary N) is 1. The third-order valence-corrected chi connectivity index (χ3v) is 2.65. The Morgan fingerprint density at radius 2 is 1.88 bits per heavy atom. The number of carbonyl (C=O) groups is 1. The van der Waals surface area contributed by atoms with E-state index in [9.17, 15) is 4.79 Å². The zero-order chi connectivity index (χ0) is 12.7. The average Bonchev–Trinajstić information content (AvgIpc) is 2.11. The molecule has 0 radical (unpaired) electrons. The molecule has 0 aliphatic rings. The van der Waals surface area contributed by atoms with Crippen molar-refractivity contribution >= 4 is 5.91 Å². The van der Waals surface area contributed by atoms with Crippen LogP contribution in [0.15, 0.2) is 0 Å². The molecule has 1 amide bonds. The van der Waals surface area contributed by atoms with Gasteiger partial charge in [0.15, 0.2) is 0 Å². The van der Waals surface area contributed by atoms with Gasteiger partial charge in [-0.1, -0.05) is 13.8 Å². The zero-order valence-corrected chi connectivity index (χ0v) is 11.3. The Bertz CT molecular complexity index is 204. The molecule has 0 spiro atoms. The van der Waals surface area contributed by atoms with Gasteiger partial charge >= 0.3 is 0 Å². The molecule has 0 heterocycles. The second kappa shape index (κ2) is 7.63. The van der Waals surface area contributed by atoms with Crippen LogP contribution < -0.4 is 11.1 Å². The first kappa shape index (κ1) is 15.4. The van der Waals surface area contributed by atoms with Gasteiger partial charge in [0.2, 0.25) is 5.91 Å². The van der Waals surface area contributed by atoms with Gasteiger partial charge in [-0.2, -0.15) is 0 Å². The van der Waals surface area contributed by atoms with Crippen LogP contribution in [-0.2, 0) is 4.79 Å². The summed E-state index contributed by atoms with van der Waals surface area (Å²) in [6.45, 7) is 10.3. The van der Waals surface area contributed by atoms with Gasteiger partial charge in [0.25, 0.3) is 0 Å². The van der Waals surface area contributed by atoms with E-state index in [0.717, 1.165) is 6.54 Å². The van der Waals surface area contributed by atoms with Gasteiger partial charge in [-0.3, -0.25) is 9.69 Å². The lowest BCUT2D eigenvalue weighted by Crippen LogP contribution is -2.41. The summed E-state index contributed by atoms with van der Waals surface area (Å²) < 4.78 is 0. The molecule has 0 bridgehead atoms. The molecule has 0 saturated carbocycles. The number of nitrogens with zero attached hydrogens (tertiary/aromatic N) is 1. The van der Waals surface area contributed by atoms with E-state index in [-0.39, 0.29) is 11.9 Å². The van der Waals surface area contributed by atoms with Gasteiger partial charge in [0.1, 0.15) is 0 Å². The minimum absolute atomic E-state index is 0.0806. The molecule has 1 atom stereocenters. The summed E-state index contributed by atoms with van der Waals surface area (Å²) >= 11 is 0. The summed E-state index contributed by atoms with van der Waals surface area (Å²) in [5.41, 5.74) is 5.71. The number of likely N-dealkylation sites (N-methyl/N-ethyl adjacent to an activating group) is 1. The van der Waals surface area contributed by atoms with Gasteiger partial charge in [0.05, 0.1) is 6.54 Å². The van der Waals surface area contributed by atoms with Crippen LogP contribution in [0, 0.1) is 11.8 Å². The quantitative estimate of drug-likeness (QED) is 0.675. The fourth-order valence-corrected chi connectivity index (χ4v) is 1.64. The molecule has 4 nitrogen and oxygen atoms in total. The Kier molecular flexibility index (Phi) is 7.34. The van der Waals surface area contributed by atoms with Crippen molar-refractivity contribution < 1.29 is 4.79 Å². The number of hydrogen-bond acceptors (Lipinski definition) is 3. The monoisotopic (exact) mass is 229 g/mol. The van der Waals surface area contributed by atoms with Crippen LogP contribution in [0.25, 0.3) is 0 Å². The maximum absolute atomic E-state index is 11.5. The SMILES string of the molecule is CC(C)NC(=O)CN(C)CC(CN)C(C)C. The van der Waals surface area contributed by atoms with Crippen LogP contribution in [0.4, 0.5) is 0 Å². The molecule has 0 aromatic rings. The molecule has 1 unspecified atom stereocenters. The first-order valence-electron chi connectivity index (χ1n) is 6.04. The van der Waals surface area contributed by atoms with Crippen molar-refractivity contribution in [3.05, 3.63) is 0 Å². The Morgan fingerprint density at radius 1 is 1.31 bits per heavy atom. The summed E-state index contributed by atoms with van der Waals surface area (Å²) in [6, 6.07) is 0.205. The first-order chi connectivity index (χ1) is 7.36. The maximum atomic E-state index is 11.5. The van der Waals surface area contributed by atoms with E-state index >= 15 is 0 Å². The summed E-state index contributed by atoms with van der Waals surface area (Å²) in [6.07, 6.45) is 0. The largest absolute Gasteiger partial charge is 0.353 e. The second-order valence-corrected chi connectivity index (χ2v) is 5.16. The van der Waals surface area contributed by atoms with E-state index in [1.165, 1.54) is 0 Å². The van der Waals surface area contributed by atoms with Crippen molar-refractivity contribution in [2.75, 3.05) is 26.7 Å². The minimum Gasteiger partial charge on any atom is -0.353 e. The molecule has 0 aromatic carbocycles. The van der Waals surface area contributed by atoms with E-state index in [1.54, 1.807) is 0 Å². The van der Waals surface area contributed by atoms with E-state index in [2.05, 4.69) is 19.2 Å². The number of amides is 1. The highest BCUT2D eigenvalue weighted by Crippen LogP contribution is 2.09. The average molecular weight is 229 g/mol. The van der Waals surface area contributed by atoms with Gasteiger partial charge in [-0.15, -0.1) is 0 Å². The Morgan fingerprint density at radius 3 is 2.25 bits per heavy atom. The van der Waals surface area contributed by atoms with Crippen molar-refractivity contribution in [2.45, 2.75) is 33.7 Å². The van der Waals surface area contributed by atoms with Crippen LogP contribution in [-0.4, -0.2) is 43.5 Å². The van der Waals surface area contributed by atoms with Gasteiger partial charge < -0.3 is 11.1 Å². The summed E-state index contributed by atoms with van der Waals surface area (Å²) in [4.78, 5) is 13.6. The van der Waals surface area contributed by atoms with Crippen molar-refractivity contribution in [1.29, 1.82) is 0 Å². The second-order valence-electron chi connectivity index (χ2n) is 5.16. The minimum atomic E-state index is 0.0806. The predicted octanol–water partition coefficient (Wildman–Crippen LogP) is 0.674. The highest BCUT2D eigenvalue weighted by Gasteiger charge is 2.15. The number of rotatable bonds is 7. The smallest absolute Gasteiger partial charge is 0.234 e. The van der Waals surface area contributed by atoms with Crippen molar-refractivity contribution in [1.82, 2.24) is 10.2 Å². The van der Waals surface area contributed by atoms with Crippen LogP contribution in [0.5, 0.6) is 0 Å². The van der Waals surface area contributed by atoms with Crippen LogP contribution in [0.3, 0.4) is 0 Å². The van der Waals surface area contributed by atoms with Crippen molar-refractivity contribution in [3.8, 4) is 0 Å². The zero-order valence-electron chi connectivity index (χ0n) is 11.3. The normalized spacial score (nSPS) is 13.6. The molecule has 0 aromatic heterocycles. The summed E-state index contributed by atoms with van der Waals surface area (Å²) in [5, 5.41) is 2.88. The number of hydrogen-bond donors (Lipinski definition) is 2. The Balaban J connectivity index is 3.97. The molecule has 0 aliphatic carbocycles. The fraction of sp³-hybridized carbons (Fsp3) is 0.917. The summed E-state index contributed by atoms with van der Waals surface area (Å²) in [5.74, 6) is 1.09. The van der Waals surface area contributed by atoms with Crippen LogP contribution in [0.1, 0.15) is 27.7 Å². The Hall–Kier alpha value is -0.610. The topological polar surface area (TPSA) is 58.4 Å². The number of carbonyl (C=O) groups excluding carboxylic acids is 1. The van der Waals surface area contributed by atoms with E-state index < -0.39 is 0 Å². The van der Waals surface area contributed by atoms with Gasteiger partial charge in [0, 0.05) is 12.6 Å². The van der Waals surface area contributed by atoms with E-state index in [4.69, 9.17) is 5.73 Å². The molecule has 0 aliphatic heterocycles.